The Labute approximate surface area is 361 Å². The minimum atomic E-state index is -1.30. The summed E-state index contributed by atoms with van der Waals surface area (Å²) in [5, 5.41) is 40.9. The van der Waals surface area contributed by atoms with Gasteiger partial charge >= 0.3 is 23.9 Å². The molecular formula is C40H43N13O11. The highest BCUT2D eigenvalue weighted by Gasteiger charge is 2.23. The fourth-order valence-corrected chi connectivity index (χ4v) is 6.22. The number of fused-ring (bicyclic) bond motifs is 2. The molecule has 24 heteroatoms. The summed E-state index contributed by atoms with van der Waals surface area (Å²) < 4.78 is 0. The number of nitrogens with zero attached hydrogens (tertiary/aromatic N) is 6. The molecule has 24 nitrogen and oxygen atoms in total. The van der Waals surface area contributed by atoms with E-state index >= 15 is 0 Å². The standard InChI is InChI=1S/C20H22N8O5.C20H21N5O6/c1-28(9-11-8-23-17-15(24-11)16(21)26-20(22)27-17)12-4-2-10(3-5-12)18(31)25-13(19(32)33)6-7-14(29)30;21-20-24-16-15(18(29)25-20)12(9-22-16)6-3-10-1-4-11(5-2-10)17(28)23-13(19(30)31)7-8-14(26)27/h2-5,8,13H,6-7,9H2,1H3,(H,25,31)(H,29,30)(H,32,33)(H4,21,22,23,26,27);1-2,4-5,9,13H,3,6-8H2,(H,23,28)(H,26,27)(H,30,31)(H4,21,22,24,25,29)/t2*13-/m00/s1. The molecule has 6 rings (SSSR count). The van der Waals surface area contributed by atoms with Crippen molar-refractivity contribution in [3.05, 3.63) is 99.2 Å². The predicted molar refractivity (Wildman–Crippen MR) is 229 cm³/mol. The second-order valence-corrected chi connectivity index (χ2v) is 14.2. The first-order chi connectivity index (χ1) is 30.4. The summed E-state index contributed by atoms with van der Waals surface area (Å²) in [4.78, 5) is 108. The van der Waals surface area contributed by atoms with E-state index in [4.69, 9.17) is 32.5 Å². The number of nitrogens with one attached hydrogen (secondary N) is 4. The summed E-state index contributed by atoms with van der Waals surface area (Å²) in [6, 6.07) is 10.5. The van der Waals surface area contributed by atoms with Crippen molar-refractivity contribution in [3.63, 3.8) is 0 Å². The molecule has 0 fully saturated rings. The number of carbonyl (C=O) groups excluding carboxylic acids is 2. The maximum atomic E-state index is 12.4. The number of amides is 2. The summed E-state index contributed by atoms with van der Waals surface area (Å²) in [6.45, 7) is 0.370. The second-order valence-electron chi connectivity index (χ2n) is 14.2. The molecule has 0 saturated carbocycles. The number of benzene rings is 2. The van der Waals surface area contributed by atoms with Crippen molar-refractivity contribution in [1.29, 1.82) is 0 Å². The lowest BCUT2D eigenvalue weighted by Crippen LogP contribution is -2.41. The quantitative estimate of drug-likeness (QED) is 0.0572. The Kier molecular flexibility index (Phi) is 15.0. The average Bonchev–Trinajstić information content (AvgIpc) is 3.66. The van der Waals surface area contributed by atoms with Crippen molar-refractivity contribution < 1.29 is 49.2 Å². The zero-order valence-corrected chi connectivity index (χ0v) is 33.9. The van der Waals surface area contributed by atoms with Crippen LogP contribution in [0, 0.1) is 0 Å². The summed E-state index contributed by atoms with van der Waals surface area (Å²) in [6.07, 6.45) is 3.25. The van der Waals surface area contributed by atoms with Crippen LogP contribution < -0.4 is 38.3 Å². The molecular weight excluding hydrogens is 839 g/mol. The number of aromatic nitrogens is 7. The van der Waals surface area contributed by atoms with Gasteiger partial charge in [0.25, 0.3) is 17.4 Å². The largest absolute Gasteiger partial charge is 0.481 e. The lowest BCUT2D eigenvalue weighted by molar-refractivity contribution is -0.142. The lowest BCUT2D eigenvalue weighted by Gasteiger charge is -2.19. The van der Waals surface area contributed by atoms with E-state index in [9.17, 15) is 38.7 Å². The Morgan fingerprint density at radius 1 is 0.750 bits per heavy atom. The molecule has 0 aliphatic rings. The first-order valence-corrected chi connectivity index (χ1v) is 19.2. The topological polar surface area (TPSA) is 402 Å². The highest BCUT2D eigenvalue weighted by Crippen LogP contribution is 2.20. The molecule has 0 bridgehead atoms. The number of nitrogen functional groups attached to an aromatic ring is 3. The molecule has 0 saturated heterocycles. The van der Waals surface area contributed by atoms with Gasteiger partial charge in [0.2, 0.25) is 11.9 Å². The minimum Gasteiger partial charge on any atom is -0.481 e. The highest BCUT2D eigenvalue weighted by atomic mass is 16.4. The number of carboxylic acids is 4. The van der Waals surface area contributed by atoms with Gasteiger partial charge in [0.1, 0.15) is 17.7 Å². The first kappa shape index (κ1) is 46.4. The van der Waals surface area contributed by atoms with Crippen LogP contribution in [-0.4, -0.2) is 110 Å². The number of carboxylic acid groups (broad SMARTS) is 4. The smallest absolute Gasteiger partial charge is 0.326 e. The van der Waals surface area contributed by atoms with Crippen molar-refractivity contribution in [2.24, 2.45) is 0 Å². The molecule has 2 atom stereocenters. The summed E-state index contributed by atoms with van der Waals surface area (Å²) in [7, 11) is 1.82. The number of hydrogen-bond acceptors (Lipinski definition) is 16. The summed E-state index contributed by atoms with van der Waals surface area (Å²) in [5.41, 5.74) is 21.2. The Hall–Kier alpha value is -8.70. The molecule has 0 unspecified atom stereocenters. The van der Waals surface area contributed by atoms with Gasteiger partial charge in [-0.3, -0.25) is 24.0 Å². The van der Waals surface area contributed by atoms with Gasteiger partial charge in [-0.05, 0) is 73.2 Å². The van der Waals surface area contributed by atoms with E-state index in [0.717, 1.165) is 16.8 Å². The number of anilines is 4. The number of aliphatic carboxylic acids is 4. The molecule has 4 aromatic heterocycles. The SMILES string of the molecule is CN(Cc1cnc2nc(N)nc(N)c2n1)c1ccc(C(=O)N[C@@H](CCC(=O)O)C(=O)O)cc1.Nc1nc(=O)c2c(CCc3ccc(C(=O)N[C@@H](CCC(=O)O)C(=O)O)cc3)c[nH]c2[nH]1. The number of H-pyrrole nitrogens is 2. The Morgan fingerprint density at radius 3 is 1.86 bits per heavy atom. The lowest BCUT2D eigenvalue weighted by atomic mass is 10.0. The van der Waals surface area contributed by atoms with Crippen LogP contribution in [0.15, 0.2) is 65.7 Å². The average molecular weight is 882 g/mol. The van der Waals surface area contributed by atoms with Crippen LogP contribution in [0.1, 0.15) is 63.2 Å². The van der Waals surface area contributed by atoms with Crippen LogP contribution in [0.3, 0.4) is 0 Å². The van der Waals surface area contributed by atoms with Crippen LogP contribution in [0.25, 0.3) is 22.2 Å². The number of aryl methyl sites for hydroxylation is 2. The van der Waals surface area contributed by atoms with Crippen molar-refractivity contribution in [3.8, 4) is 0 Å². The molecule has 4 heterocycles. The molecule has 14 N–H and O–H groups in total. The molecule has 0 radical (unpaired) electrons. The summed E-state index contributed by atoms with van der Waals surface area (Å²) in [5.74, 6) is -5.91. The van der Waals surface area contributed by atoms with Gasteiger partial charge < -0.3 is 63.1 Å². The number of hydrogen-bond donors (Lipinski definition) is 11. The number of nitrogens with two attached hydrogens (primary N) is 3. The summed E-state index contributed by atoms with van der Waals surface area (Å²) >= 11 is 0. The maximum absolute atomic E-state index is 12.4. The number of carbonyl (C=O) groups is 6. The first-order valence-electron chi connectivity index (χ1n) is 19.2. The normalized spacial score (nSPS) is 11.8. The van der Waals surface area contributed by atoms with Crippen molar-refractivity contribution in [2.75, 3.05) is 29.1 Å². The van der Waals surface area contributed by atoms with Gasteiger partial charge in [-0.1, -0.05) is 12.1 Å². The van der Waals surface area contributed by atoms with E-state index in [1.54, 1.807) is 48.8 Å². The third-order valence-electron chi connectivity index (χ3n) is 9.52. The van der Waals surface area contributed by atoms with E-state index < -0.39 is 53.3 Å². The second kappa shape index (κ2) is 20.7. The molecule has 64 heavy (non-hydrogen) atoms. The van der Waals surface area contributed by atoms with Gasteiger partial charge in [-0.25, -0.2) is 19.6 Å². The molecule has 6 aromatic rings. The monoisotopic (exact) mass is 881 g/mol. The van der Waals surface area contributed by atoms with Gasteiger partial charge in [0.05, 0.1) is 23.8 Å². The van der Waals surface area contributed by atoms with Gasteiger partial charge in [0, 0.05) is 42.9 Å². The molecule has 334 valence electrons. The highest BCUT2D eigenvalue weighted by molar-refractivity contribution is 5.97. The number of aromatic amines is 2. The molecule has 2 aromatic carbocycles. The van der Waals surface area contributed by atoms with Crippen LogP contribution in [0.2, 0.25) is 0 Å². The number of rotatable bonds is 18. The Balaban J connectivity index is 0.000000241. The van der Waals surface area contributed by atoms with Crippen molar-refractivity contribution in [1.82, 2.24) is 45.5 Å². The third kappa shape index (κ3) is 12.4. The minimum absolute atomic E-state index is 0.0138. The fraction of sp³-hybridized carbons (Fsp3) is 0.250. The van der Waals surface area contributed by atoms with Crippen LogP contribution in [0.5, 0.6) is 0 Å². The van der Waals surface area contributed by atoms with Crippen LogP contribution in [-0.2, 0) is 38.6 Å². The van der Waals surface area contributed by atoms with Crippen molar-refractivity contribution in [2.45, 2.75) is 57.2 Å². The maximum Gasteiger partial charge on any atom is 0.326 e. The van der Waals surface area contributed by atoms with E-state index in [2.05, 4.69) is 45.5 Å². The van der Waals surface area contributed by atoms with E-state index in [0.29, 0.717) is 47.3 Å². The Morgan fingerprint density at radius 2 is 1.31 bits per heavy atom. The third-order valence-corrected chi connectivity index (χ3v) is 9.52. The van der Waals surface area contributed by atoms with Gasteiger partial charge in [0.15, 0.2) is 17.0 Å². The molecule has 0 aliphatic heterocycles. The zero-order chi connectivity index (χ0) is 46.7. The molecule has 0 aliphatic carbocycles. The fourth-order valence-electron chi connectivity index (χ4n) is 6.22. The molecule has 2 amide bonds. The predicted octanol–water partition coefficient (Wildman–Crippen LogP) is 0.935. The van der Waals surface area contributed by atoms with Crippen LogP contribution in [0.4, 0.5) is 23.4 Å². The van der Waals surface area contributed by atoms with E-state index in [1.807, 2.05) is 11.9 Å². The van der Waals surface area contributed by atoms with Crippen molar-refractivity contribution >= 4 is 81.3 Å². The van der Waals surface area contributed by atoms with Gasteiger partial charge in [-0.15, -0.1) is 0 Å². The van der Waals surface area contributed by atoms with Crippen LogP contribution >= 0.6 is 0 Å². The van der Waals surface area contributed by atoms with E-state index in [-0.39, 0.29) is 54.5 Å². The zero-order valence-electron chi connectivity index (χ0n) is 33.9. The Bertz CT molecular complexity index is 2760. The van der Waals surface area contributed by atoms with Gasteiger partial charge in [-0.2, -0.15) is 15.0 Å². The van der Waals surface area contributed by atoms with E-state index in [1.165, 1.54) is 12.1 Å². The molecule has 0 spiro atoms.